The number of aromatic nitrogens is 4. The van der Waals surface area contributed by atoms with Crippen molar-refractivity contribution < 1.29 is 0 Å². The monoisotopic (exact) mass is 328 g/mol. The van der Waals surface area contributed by atoms with Crippen LogP contribution in [0.5, 0.6) is 0 Å². The molecule has 6 heteroatoms. The molecule has 0 N–H and O–H groups in total. The summed E-state index contributed by atoms with van der Waals surface area (Å²) < 4.78 is 2.21. The van der Waals surface area contributed by atoms with Crippen LogP contribution in [0.1, 0.15) is 43.9 Å². The van der Waals surface area contributed by atoms with Gasteiger partial charge in [-0.1, -0.05) is 13.8 Å². The van der Waals surface area contributed by atoms with Crippen LogP contribution < -0.4 is 4.90 Å². The molecule has 1 fully saturated rings. The Morgan fingerprint density at radius 3 is 2.54 bits per heavy atom. The molecule has 0 unspecified atom stereocenters. The number of aryl methyl sites for hydroxylation is 2. The Morgan fingerprint density at radius 1 is 1.12 bits per heavy atom. The Kier molecular flexibility index (Phi) is 5.14. The standard InChI is InChI=1S/C18H28N6/c1-5-23-7-6-19-17(23)13-22-8-10-24(11-9-22)18-20-15(4)12-16(21-18)14(2)3/h6-7,12,14H,5,8-11,13H2,1-4H3. The summed E-state index contributed by atoms with van der Waals surface area (Å²) >= 11 is 0. The molecule has 1 aliphatic rings. The zero-order valence-corrected chi connectivity index (χ0v) is 15.2. The lowest BCUT2D eigenvalue weighted by Crippen LogP contribution is -2.47. The van der Waals surface area contributed by atoms with Crippen molar-refractivity contribution in [3.05, 3.63) is 35.7 Å². The molecule has 0 aromatic carbocycles. The highest BCUT2D eigenvalue weighted by molar-refractivity contribution is 5.34. The molecule has 0 bridgehead atoms. The van der Waals surface area contributed by atoms with Crippen LogP contribution in [0.25, 0.3) is 0 Å². The minimum absolute atomic E-state index is 0.430. The van der Waals surface area contributed by atoms with Crippen LogP contribution in [0.2, 0.25) is 0 Å². The highest BCUT2D eigenvalue weighted by Crippen LogP contribution is 2.18. The van der Waals surface area contributed by atoms with Crippen LogP contribution in [0.15, 0.2) is 18.5 Å². The van der Waals surface area contributed by atoms with Gasteiger partial charge in [-0.3, -0.25) is 4.90 Å². The third-order valence-electron chi connectivity index (χ3n) is 4.62. The number of hydrogen-bond donors (Lipinski definition) is 0. The molecule has 0 radical (unpaired) electrons. The highest BCUT2D eigenvalue weighted by Gasteiger charge is 2.21. The first-order chi connectivity index (χ1) is 11.6. The summed E-state index contributed by atoms with van der Waals surface area (Å²) in [6.07, 6.45) is 3.95. The normalized spacial score (nSPS) is 16.1. The summed E-state index contributed by atoms with van der Waals surface area (Å²) in [6.45, 7) is 14.4. The largest absolute Gasteiger partial charge is 0.338 e. The first-order valence-electron chi connectivity index (χ1n) is 8.89. The maximum atomic E-state index is 4.76. The van der Waals surface area contributed by atoms with Crippen molar-refractivity contribution in [3.63, 3.8) is 0 Å². The molecule has 24 heavy (non-hydrogen) atoms. The van der Waals surface area contributed by atoms with Crippen LogP contribution in [0, 0.1) is 6.92 Å². The summed E-state index contributed by atoms with van der Waals surface area (Å²) in [7, 11) is 0. The first-order valence-corrected chi connectivity index (χ1v) is 8.89. The molecule has 3 heterocycles. The summed E-state index contributed by atoms with van der Waals surface area (Å²) in [5, 5.41) is 0. The van der Waals surface area contributed by atoms with E-state index in [1.807, 2.05) is 6.20 Å². The zero-order valence-electron chi connectivity index (χ0n) is 15.2. The molecule has 2 aromatic rings. The molecular weight excluding hydrogens is 300 g/mol. The van der Waals surface area contributed by atoms with E-state index < -0.39 is 0 Å². The lowest BCUT2D eigenvalue weighted by atomic mass is 10.1. The molecule has 2 aromatic heterocycles. The number of hydrogen-bond acceptors (Lipinski definition) is 5. The lowest BCUT2D eigenvalue weighted by Gasteiger charge is -2.34. The summed E-state index contributed by atoms with van der Waals surface area (Å²) in [6, 6.07) is 2.09. The molecular formula is C18H28N6. The van der Waals surface area contributed by atoms with Crippen molar-refractivity contribution in [2.45, 2.75) is 46.7 Å². The van der Waals surface area contributed by atoms with E-state index in [2.05, 4.69) is 64.3 Å². The van der Waals surface area contributed by atoms with Crippen LogP contribution in [0.3, 0.4) is 0 Å². The van der Waals surface area contributed by atoms with E-state index in [1.165, 1.54) is 0 Å². The van der Waals surface area contributed by atoms with Gasteiger partial charge in [0.25, 0.3) is 0 Å². The van der Waals surface area contributed by atoms with Crippen molar-refractivity contribution in [1.82, 2.24) is 24.4 Å². The number of nitrogens with zero attached hydrogens (tertiary/aromatic N) is 6. The second-order valence-electron chi connectivity index (χ2n) is 6.78. The smallest absolute Gasteiger partial charge is 0.225 e. The molecule has 130 valence electrons. The van der Waals surface area contributed by atoms with Crippen molar-refractivity contribution >= 4 is 5.95 Å². The molecule has 0 aliphatic carbocycles. The van der Waals surface area contributed by atoms with Gasteiger partial charge in [-0.15, -0.1) is 0 Å². The van der Waals surface area contributed by atoms with E-state index >= 15 is 0 Å². The van der Waals surface area contributed by atoms with Gasteiger partial charge in [0.2, 0.25) is 5.95 Å². The van der Waals surface area contributed by atoms with E-state index in [1.54, 1.807) is 0 Å². The summed E-state index contributed by atoms with van der Waals surface area (Å²) in [5.41, 5.74) is 2.18. The molecule has 6 nitrogen and oxygen atoms in total. The number of rotatable bonds is 5. The Bertz CT molecular complexity index is 670. The number of imidazole rings is 1. The second-order valence-corrected chi connectivity index (χ2v) is 6.78. The number of piperazine rings is 1. The minimum Gasteiger partial charge on any atom is -0.338 e. The van der Waals surface area contributed by atoms with Gasteiger partial charge in [0.1, 0.15) is 5.82 Å². The molecule has 1 saturated heterocycles. The fourth-order valence-corrected chi connectivity index (χ4v) is 3.10. The van der Waals surface area contributed by atoms with Crippen molar-refractivity contribution in [2.24, 2.45) is 0 Å². The van der Waals surface area contributed by atoms with E-state index in [-0.39, 0.29) is 0 Å². The zero-order chi connectivity index (χ0) is 17.1. The highest BCUT2D eigenvalue weighted by atomic mass is 15.3. The van der Waals surface area contributed by atoms with E-state index in [9.17, 15) is 0 Å². The Morgan fingerprint density at radius 2 is 1.88 bits per heavy atom. The Labute approximate surface area is 144 Å². The average molecular weight is 328 g/mol. The quantitative estimate of drug-likeness (QED) is 0.844. The SMILES string of the molecule is CCn1ccnc1CN1CCN(c2nc(C)cc(C(C)C)n2)CC1. The maximum absolute atomic E-state index is 4.76. The molecule has 0 amide bonds. The van der Waals surface area contributed by atoms with Gasteiger partial charge in [-0.25, -0.2) is 15.0 Å². The molecule has 0 spiro atoms. The van der Waals surface area contributed by atoms with E-state index in [4.69, 9.17) is 4.98 Å². The van der Waals surface area contributed by atoms with E-state index in [0.29, 0.717) is 5.92 Å². The van der Waals surface area contributed by atoms with Gasteiger partial charge in [-0.05, 0) is 25.8 Å². The Balaban J connectivity index is 1.63. The third kappa shape index (κ3) is 3.75. The predicted octanol–water partition coefficient (Wildman–Crippen LogP) is 2.45. The van der Waals surface area contributed by atoms with Crippen molar-refractivity contribution in [1.29, 1.82) is 0 Å². The van der Waals surface area contributed by atoms with Crippen molar-refractivity contribution in [2.75, 3.05) is 31.1 Å². The first kappa shape index (κ1) is 16.9. The van der Waals surface area contributed by atoms with Crippen LogP contribution in [0.4, 0.5) is 5.95 Å². The van der Waals surface area contributed by atoms with Gasteiger partial charge < -0.3 is 9.47 Å². The average Bonchev–Trinajstić information content (AvgIpc) is 3.02. The summed E-state index contributed by atoms with van der Waals surface area (Å²) in [5.74, 6) is 2.47. The molecule has 0 atom stereocenters. The fourth-order valence-electron chi connectivity index (χ4n) is 3.10. The molecule has 0 saturated carbocycles. The molecule has 1 aliphatic heterocycles. The van der Waals surface area contributed by atoms with Crippen LogP contribution in [-0.4, -0.2) is 50.6 Å². The predicted molar refractivity (Wildman–Crippen MR) is 96.2 cm³/mol. The van der Waals surface area contributed by atoms with Gasteiger partial charge in [-0.2, -0.15) is 0 Å². The fraction of sp³-hybridized carbons (Fsp3) is 0.611. The topological polar surface area (TPSA) is 50.1 Å². The Hall–Kier alpha value is -1.95. The lowest BCUT2D eigenvalue weighted by molar-refractivity contribution is 0.240. The van der Waals surface area contributed by atoms with Gasteiger partial charge in [0, 0.05) is 56.5 Å². The number of anilines is 1. The third-order valence-corrected chi connectivity index (χ3v) is 4.62. The summed E-state index contributed by atoms with van der Waals surface area (Å²) in [4.78, 5) is 18.7. The van der Waals surface area contributed by atoms with E-state index in [0.717, 1.165) is 62.4 Å². The van der Waals surface area contributed by atoms with Crippen molar-refractivity contribution in [3.8, 4) is 0 Å². The second kappa shape index (κ2) is 7.30. The maximum Gasteiger partial charge on any atom is 0.225 e. The van der Waals surface area contributed by atoms with Gasteiger partial charge in [0.15, 0.2) is 0 Å². The van der Waals surface area contributed by atoms with Crippen LogP contribution in [-0.2, 0) is 13.1 Å². The van der Waals surface area contributed by atoms with Gasteiger partial charge in [0.05, 0.1) is 6.54 Å². The van der Waals surface area contributed by atoms with Gasteiger partial charge >= 0.3 is 0 Å². The van der Waals surface area contributed by atoms with Crippen LogP contribution >= 0.6 is 0 Å². The molecule has 3 rings (SSSR count). The minimum atomic E-state index is 0.430.